The second kappa shape index (κ2) is 9.11. The number of rotatable bonds is 5. The lowest BCUT2D eigenvalue weighted by Crippen LogP contribution is -2.43. The predicted octanol–water partition coefficient (Wildman–Crippen LogP) is 4.06. The van der Waals surface area contributed by atoms with Gasteiger partial charge in [0.2, 0.25) is 0 Å². The quantitative estimate of drug-likeness (QED) is 0.677. The van der Waals surface area contributed by atoms with E-state index in [4.69, 9.17) is 0 Å². The molecule has 3 aromatic rings. The third-order valence-electron chi connectivity index (χ3n) is 5.54. The number of phenols is 1. The Morgan fingerprint density at radius 3 is 2.40 bits per heavy atom. The summed E-state index contributed by atoms with van der Waals surface area (Å²) in [5.74, 6) is -0.313. The number of phenolic OH excluding ortho intramolecular Hbond substituents is 1. The van der Waals surface area contributed by atoms with Crippen LogP contribution in [0.2, 0.25) is 0 Å². The van der Waals surface area contributed by atoms with Crippen LogP contribution in [-0.4, -0.2) is 54.0 Å². The smallest absolute Gasteiger partial charge is 0.259 e. The summed E-state index contributed by atoms with van der Waals surface area (Å²) in [6.45, 7) is 4.88. The average Bonchev–Trinajstić information content (AvgIpc) is 2.77. The number of hydrogen-bond acceptors (Lipinski definition) is 4. The molecule has 1 aliphatic rings. The van der Waals surface area contributed by atoms with Gasteiger partial charge in [0.15, 0.2) is 0 Å². The largest absolute Gasteiger partial charge is 0.507 e. The molecule has 3 aromatic carbocycles. The van der Waals surface area contributed by atoms with Gasteiger partial charge in [-0.05, 0) is 48.0 Å². The number of carbonyl (C=O) groups is 1. The number of amides is 1. The van der Waals surface area contributed by atoms with Gasteiger partial charge in [0.25, 0.3) is 5.91 Å². The van der Waals surface area contributed by atoms with Gasteiger partial charge in [0.1, 0.15) is 5.75 Å². The summed E-state index contributed by atoms with van der Waals surface area (Å²) in [5.41, 5.74) is 4.14. The van der Waals surface area contributed by atoms with E-state index in [2.05, 4.69) is 22.2 Å². The fourth-order valence-electron chi connectivity index (χ4n) is 3.73. The molecule has 0 aliphatic carbocycles. The molecular weight excluding hydrogens is 374 g/mol. The third-order valence-corrected chi connectivity index (χ3v) is 5.54. The molecule has 0 radical (unpaired) electrons. The van der Waals surface area contributed by atoms with Crippen LogP contribution in [0, 0.1) is 0 Å². The van der Waals surface area contributed by atoms with Crippen molar-refractivity contribution in [2.24, 2.45) is 0 Å². The summed E-state index contributed by atoms with van der Waals surface area (Å²) < 4.78 is 0. The number of anilines is 1. The molecule has 1 fully saturated rings. The molecule has 154 valence electrons. The van der Waals surface area contributed by atoms with Crippen LogP contribution in [0.3, 0.4) is 0 Å². The van der Waals surface area contributed by atoms with Crippen LogP contribution < -0.4 is 5.32 Å². The molecule has 2 N–H and O–H groups in total. The van der Waals surface area contributed by atoms with Crippen molar-refractivity contribution in [2.75, 3.05) is 38.5 Å². The van der Waals surface area contributed by atoms with Gasteiger partial charge in [-0.1, -0.05) is 48.5 Å². The van der Waals surface area contributed by atoms with Crippen molar-refractivity contribution in [3.8, 4) is 16.9 Å². The van der Waals surface area contributed by atoms with Crippen molar-refractivity contribution < 1.29 is 9.90 Å². The molecule has 0 atom stereocenters. The van der Waals surface area contributed by atoms with E-state index in [0.29, 0.717) is 11.3 Å². The first-order valence-corrected chi connectivity index (χ1v) is 10.3. The zero-order chi connectivity index (χ0) is 20.9. The van der Waals surface area contributed by atoms with Crippen molar-refractivity contribution in [3.63, 3.8) is 0 Å². The zero-order valence-electron chi connectivity index (χ0n) is 17.2. The third kappa shape index (κ3) is 4.87. The Morgan fingerprint density at radius 1 is 0.900 bits per heavy atom. The topological polar surface area (TPSA) is 55.8 Å². The Balaban J connectivity index is 1.48. The normalized spacial score (nSPS) is 15.1. The van der Waals surface area contributed by atoms with Crippen LogP contribution in [0.5, 0.6) is 5.75 Å². The molecule has 1 amide bonds. The number of nitrogens with zero attached hydrogens (tertiary/aromatic N) is 2. The monoisotopic (exact) mass is 401 g/mol. The lowest BCUT2D eigenvalue weighted by molar-refractivity contribution is 0.102. The first-order valence-electron chi connectivity index (χ1n) is 10.3. The number of likely N-dealkylation sites (N-methyl/N-ethyl adjacent to an activating group) is 1. The second-order valence-corrected chi connectivity index (χ2v) is 7.83. The maximum Gasteiger partial charge on any atom is 0.259 e. The molecular formula is C25H27N3O2. The SMILES string of the molecule is CN1CCN(Cc2ccc(O)c(C(=O)Nc3cccc(-c4ccccc4)c3)c2)CC1. The molecule has 1 heterocycles. The van der Waals surface area contributed by atoms with E-state index in [9.17, 15) is 9.90 Å². The van der Waals surface area contributed by atoms with Crippen molar-refractivity contribution in [3.05, 3.63) is 83.9 Å². The van der Waals surface area contributed by atoms with Crippen molar-refractivity contribution in [1.29, 1.82) is 0 Å². The van der Waals surface area contributed by atoms with Crippen molar-refractivity contribution in [1.82, 2.24) is 9.80 Å². The Hall–Kier alpha value is -3.15. The van der Waals surface area contributed by atoms with Crippen LogP contribution in [0.25, 0.3) is 11.1 Å². The lowest BCUT2D eigenvalue weighted by atomic mass is 10.0. The average molecular weight is 402 g/mol. The summed E-state index contributed by atoms with van der Waals surface area (Å²) in [4.78, 5) is 17.6. The molecule has 0 bridgehead atoms. The number of piperazine rings is 1. The van der Waals surface area contributed by atoms with Gasteiger partial charge < -0.3 is 15.3 Å². The van der Waals surface area contributed by atoms with Gasteiger partial charge in [-0.2, -0.15) is 0 Å². The number of hydrogen-bond donors (Lipinski definition) is 2. The highest BCUT2D eigenvalue weighted by Gasteiger charge is 2.17. The van der Waals surface area contributed by atoms with E-state index >= 15 is 0 Å². The van der Waals surface area contributed by atoms with Crippen LogP contribution >= 0.6 is 0 Å². The summed E-state index contributed by atoms with van der Waals surface area (Å²) in [6, 6.07) is 23.1. The van der Waals surface area contributed by atoms with Crippen LogP contribution in [0.1, 0.15) is 15.9 Å². The van der Waals surface area contributed by atoms with Crippen LogP contribution in [0.15, 0.2) is 72.8 Å². The minimum atomic E-state index is -0.307. The predicted molar refractivity (Wildman–Crippen MR) is 121 cm³/mol. The van der Waals surface area contributed by atoms with E-state index in [1.807, 2.05) is 60.7 Å². The van der Waals surface area contributed by atoms with Crippen LogP contribution in [0.4, 0.5) is 5.69 Å². The van der Waals surface area contributed by atoms with Gasteiger partial charge in [-0.3, -0.25) is 9.69 Å². The van der Waals surface area contributed by atoms with Crippen molar-refractivity contribution in [2.45, 2.75) is 6.54 Å². The first kappa shape index (κ1) is 20.1. The van der Waals surface area contributed by atoms with E-state index < -0.39 is 0 Å². The molecule has 30 heavy (non-hydrogen) atoms. The lowest BCUT2D eigenvalue weighted by Gasteiger charge is -2.32. The molecule has 1 aliphatic heterocycles. The van der Waals surface area contributed by atoms with Crippen LogP contribution in [-0.2, 0) is 6.54 Å². The zero-order valence-corrected chi connectivity index (χ0v) is 17.2. The summed E-state index contributed by atoms with van der Waals surface area (Å²) in [6.07, 6.45) is 0. The highest BCUT2D eigenvalue weighted by Crippen LogP contribution is 2.25. The molecule has 0 spiro atoms. The summed E-state index contributed by atoms with van der Waals surface area (Å²) in [7, 11) is 2.13. The Bertz CT molecular complexity index is 1010. The molecule has 4 rings (SSSR count). The maximum atomic E-state index is 12.9. The van der Waals surface area contributed by atoms with E-state index in [1.54, 1.807) is 12.1 Å². The summed E-state index contributed by atoms with van der Waals surface area (Å²) in [5, 5.41) is 13.2. The Labute approximate surface area is 177 Å². The fourth-order valence-corrected chi connectivity index (χ4v) is 3.73. The Kier molecular flexibility index (Phi) is 6.12. The van der Waals surface area contributed by atoms with Gasteiger partial charge in [-0.25, -0.2) is 0 Å². The first-order chi connectivity index (χ1) is 14.6. The summed E-state index contributed by atoms with van der Waals surface area (Å²) >= 11 is 0. The van der Waals surface area contributed by atoms with Gasteiger partial charge in [0, 0.05) is 38.4 Å². The van der Waals surface area contributed by atoms with Crippen molar-refractivity contribution >= 4 is 11.6 Å². The molecule has 5 heteroatoms. The molecule has 0 saturated carbocycles. The minimum absolute atomic E-state index is 0.00570. The van der Waals surface area contributed by atoms with E-state index in [-0.39, 0.29) is 11.7 Å². The number of nitrogens with one attached hydrogen (secondary N) is 1. The molecule has 5 nitrogen and oxygen atoms in total. The van der Waals surface area contributed by atoms with Gasteiger partial charge >= 0.3 is 0 Å². The Morgan fingerprint density at radius 2 is 1.63 bits per heavy atom. The number of benzene rings is 3. The number of carbonyl (C=O) groups excluding carboxylic acids is 1. The van der Waals surface area contributed by atoms with E-state index in [1.165, 1.54) is 0 Å². The standard InChI is InChI=1S/C25H27N3O2/c1-27-12-14-28(15-13-27)18-19-10-11-24(29)23(16-19)25(30)26-22-9-5-8-21(17-22)20-6-3-2-4-7-20/h2-11,16-17,29H,12-15,18H2,1H3,(H,26,30). The molecule has 1 saturated heterocycles. The van der Waals surface area contributed by atoms with E-state index in [0.717, 1.165) is 49.4 Å². The molecule has 0 aromatic heterocycles. The second-order valence-electron chi connectivity index (χ2n) is 7.83. The number of aromatic hydroxyl groups is 1. The maximum absolute atomic E-state index is 12.9. The van der Waals surface area contributed by atoms with Gasteiger partial charge in [0.05, 0.1) is 5.56 Å². The minimum Gasteiger partial charge on any atom is -0.507 e. The highest BCUT2D eigenvalue weighted by atomic mass is 16.3. The fraction of sp³-hybridized carbons (Fsp3) is 0.240. The van der Waals surface area contributed by atoms with Gasteiger partial charge in [-0.15, -0.1) is 0 Å². The highest BCUT2D eigenvalue weighted by molar-refractivity contribution is 6.06. The molecule has 0 unspecified atom stereocenters.